The largest absolute Gasteiger partial charge is 0.507 e. The first-order valence-electron chi connectivity index (χ1n) is 17.6. The van der Waals surface area contributed by atoms with Crippen LogP contribution in [0.1, 0.15) is 53.5 Å². The molecule has 13 heteroatoms. The summed E-state index contributed by atoms with van der Waals surface area (Å²) in [5.41, 5.74) is 6.67. The Bertz CT molecular complexity index is 1940. The monoisotopic (exact) mass is 773 g/mol. The number of aromatic amines is 1. The number of aromatic nitrogens is 3. The lowest BCUT2D eigenvalue weighted by Gasteiger charge is -2.26. The second kappa shape index (κ2) is 21.8. The van der Waals surface area contributed by atoms with Crippen molar-refractivity contribution >= 4 is 71.2 Å². The smallest absolute Gasteiger partial charge is 0.214 e. The summed E-state index contributed by atoms with van der Waals surface area (Å²) >= 11 is 7.59. The number of hydrogen-bond donors (Lipinski definition) is 4. The van der Waals surface area contributed by atoms with Gasteiger partial charge in [0.25, 0.3) is 0 Å². The molecule has 4 heterocycles. The van der Waals surface area contributed by atoms with Crippen molar-refractivity contribution in [3.63, 3.8) is 0 Å². The molecule has 1 atom stereocenters. The molecule has 0 unspecified atom stereocenters. The van der Waals surface area contributed by atoms with Gasteiger partial charge in [-0.15, -0.1) is 0 Å². The molecule has 2 aromatic heterocycles. The van der Waals surface area contributed by atoms with Crippen LogP contribution in [-0.2, 0) is 11.3 Å². The van der Waals surface area contributed by atoms with E-state index in [1.165, 1.54) is 18.7 Å². The molecule has 0 bridgehead atoms. The fraction of sp³-hybridized carbons (Fsp3) is 0.317. The maximum Gasteiger partial charge on any atom is 0.214 e. The van der Waals surface area contributed by atoms with Gasteiger partial charge in [-0.2, -0.15) is 16.9 Å². The second-order valence-electron chi connectivity index (χ2n) is 12.6. The first-order valence-corrected chi connectivity index (χ1v) is 19.6. The van der Waals surface area contributed by atoms with Gasteiger partial charge < -0.3 is 25.3 Å². The topological polar surface area (TPSA) is 132 Å². The number of pyridine rings is 1. The normalized spacial score (nSPS) is 15.6. The number of halogens is 2. The second-order valence-corrected chi connectivity index (χ2v) is 13.8. The van der Waals surface area contributed by atoms with Gasteiger partial charge in [-0.05, 0) is 106 Å². The number of ether oxygens (including phenoxy) is 2. The molecule has 6 rings (SSSR count). The zero-order valence-corrected chi connectivity index (χ0v) is 32.8. The third-order valence-electron chi connectivity index (χ3n) is 8.53. The van der Waals surface area contributed by atoms with Gasteiger partial charge in [-0.25, -0.2) is 9.37 Å². The van der Waals surface area contributed by atoms with Crippen molar-refractivity contribution in [3.8, 4) is 5.88 Å². The van der Waals surface area contributed by atoms with Crippen LogP contribution in [0.5, 0.6) is 5.88 Å². The Morgan fingerprint density at radius 2 is 2.04 bits per heavy atom. The number of thioether (sulfide) groups is 1. The van der Waals surface area contributed by atoms with Crippen LogP contribution in [0.3, 0.4) is 0 Å². The summed E-state index contributed by atoms with van der Waals surface area (Å²) in [7, 11) is 0. The van der Waals surface area contributed by atoms with E-state index in [0.29, 0.717) is 46.1 Å². The highest BCUT2D eigenvalue weighted by Crippen LogP contribution is 2.30. The predicted octanol–water partition coefficient (Wildman–Crippen LogP) is 9.51. The molecule has 2 aliphatic heterocycles. The van der Waals surface area contributed by atoms with Crippen molar-refractivity contribution in [1.29, 1.82) is 5.41 Å². The number of anilines is 1. The Morgan fingerprint density at radius 3 is 2.69 bits per heavy atom. The lowest BCUT2D eigenvalue weighted by atomic mass is 10.0. The molecule has 54 heavy (non-hydrogen) atoms. The number of aliphatic imine (C=N–C) groups is 1. The Labute approximate surface area is 326 Å². The van der Waals surface area contributed by atoms with Crippen LogP contribution in [0.25, 0.3) is 23.5 Å². The molecule has 286 valence electrons. The number of allylic oxidation sites excluding steroid dienone is 1. The maximum absolute atomic E-state index is 14.1. The number of aliphatic hydroxyl groups excluding tert-OH is 1. The van der Waals surface area contributed by atoms with Crippen molar-refractivity contribution < 1.29 is 19.0 Å². The summed E-state index contributed by atoms with van der Waals surface area (Å²) in [4.78, 5) is 11.2. The summed E-state index contributed by atoms with van der Waals surface area (Å²) in [6.45, 7) is 11.9. The Hall–Kier alpha value is -4.75. The van der Waals surface area contributed by atoms with Gasteiger partial charge in [-0.3, -0.25) is 15.0 Å². The molecule has 0 spiro atoms. The van der Waals surface area contributed by atoms with Crippen LogP contribution in [-0.4, -0.2) is 89.5 Å². The highest BCUT2D eigenvalue weighted by molar-refractivity contribution is 7.97. The molecule has 2 aromatic carbocycles. The van der Waals surface area contributed by atoms with Crippen LogP contribution in [0.15, 0.2) is 71.7 Å². The van der Waals surface area contributed by atoms with E-state index in [0.717, 1.165) is 60.9 Å². The van der Waals surface area contributed by atoms with Gasteiger partial charge in [0, 0.05) is 72.5 Å². The van der Waals surface area contributed by atoms with Crippen LogP contribution >= 0.6 is 23.4 Å². The van der Waals surface area contributed by atoms with Gasteiger partial charge >= 0.3 is 0 Å². The molecule has 2 aliphatic rings. The van der Waals surface area contributed by atoms with Crippen molar-refractivity contribution in [3.05, 3.63) is 111 Å². The summed E-state index contributed by atoms with van der Waals surface area (Å²) in [5.74, 6) is 0.112. The van der Waals surface area contributed by atoms with Crippen molar-refractivity contribution in [1.82, 2.24) is 20.1 Å². The average Bonchev–Trinajstić information content (AvgIpc) is 3.51. The Balaban J connectivity index is 0.000000729. The first-order chi connectivity index (χ1) is 26.1. The SMILES string of the molecule is C=Nc1cc(/C(O)=C\c2c(/C=C\C=N)n[nH]c2C)ccc1NCCN1CC=C(c2cccc(OCc3ccc(Cl)cc3F)n2)CC1.CSC.C[C@@H]1CCO1. The minimum Gasteiger partial charge on any atom is -0.507 e. The van der Waals surface area contributed by atoms with E-state index in [4.69, 9.17) is 26.5 Å². The fourth-order valence-corrected chi connectivity index (χ4v) is 5.57. The molecule has 4 N–H and O–H groups in total. The third kappa shape index (κ3) is 12.7. The van der Waals surface area contributed by atoms with Crippen molar-refractivity contribution in [2.24, 2.45) is 4.99 Å². The van der Waals surface area contributed by atoms with Gasteiger partial charge in [0.05, 0.1) is 28.9 Å². The molecular weight excluding hydrogens is 725 g/mol. The minimum atomic E-state index is -0.404. The summed E-state index contributed by atoms with van der Waals surface area (Å²) in [6.07, 6.45) is 15.0. The number of nitrogens with one attached hydrogen (secondary N) is 3. The van der Waals surface area contributed by atoms with Crippen molar-refractivity contribution in [2.75, 3.05) is 50.6 Å². The average molecular weight is 774 g/mol. The molecule has 0 radical (unpaired) electrons. The quantitative estimate of drug-likeness (QED) is 0.0781. The van der Waals surface area contributed by atoms with E-state index in [9.17, 15) is 9.50 Å². The first kappa shape index (κ1) is 42.0. The number of nitrogens with zero attached hydrogens (tertiary/aromatic N) is 4. The van der Waals surface area contributed by atoms with Gasteiger partial charge in [0.15, 0.2) is 0 Å². The minimum absolute atomic E-state index is 0.0690. The summed E-state index contributed by atoms with van der Waals surface area (Å²) in [6, 6.07) is 15.7. The molecule has 0 saturated carbocycles. The van der Waals surface area contributed by atoms with Crippen LogP contribution in [0.4, 0.5) is 15.8 Å². The molecule has 0 aliphatic carbocycles. The van der Waals surface area contributed by atoms with Gasteiger partial charge in [0.2, 0.25) is 5.88 Å². The van der Waals surface area contributed by atoms with E-state index in [1.807, 2.05) is 43.7 Å². The summed E-state index contributed by atoms with van der Waals surface area (Å²) in [5, 5.41) is 29.0. The molecule has 0 amide bonds. The van der Waals surface area contributed by atoms with Crippen molar-refractivity contribution in [2.45, 2.75) is 39.4 Å². The van der Waals surface area contributed by atoms with E-state index >= 15 is 0 Å². The predicted molar refractivity (Wildman–Crippen MR) is 224 cm³/mol. The highest BCUT2D eigenvalue weighted by atomic mass is 35.5. The molecule has 1 fully saturated rings. The number of rotatable bonds is 13. The zero-order chi connectivity index (χ0) is 38.9. The van der Waals surface area contributed by atoms with Crippen LogP contribution in [0.2, 0.25) is 5.02 Å². The van der Waals surface area contributed by atoms with Crippen LogP contribution in [0, 0.1) is 18.2 Å². The van der Waals surface area contributed by atoms with Gasteiger partial charge in [-0.1, -0.05) is 29.8 Å². The number of hydrogen-bond acceptors (Lipinski definition) is 10. The molecule has 1 saturated heterocycles. The fourth-order valence-electron chi connectivity index (χ4n) is 5.41. The number of H-pyrrole nitrogens is 1. The van der Waals surface area contributed by atoms with E-state index in [-0.39, 0.29) is 12.4 Å². The van der Waals surface area contributed by atoms with E-state index in [2.05, 4.69) is 50.1 Å². The van der Waals surface area contributed by atoms with E-state index in [1.54, 1.807) is 54.3 Å². The Morgan fingerprint density at radius 1 is 1.26 bits per heavy atom. The molecule has 4 aromatic rings. The number of aliphatic hydroxyl groups is 1. The maximum atomic E-state index is 14.1. The number of aryl methyl sites for hydroxylation is 1. The lowest BCUT2D eigenvalue weighted by molar-refractivity contribution is -0.0375. The highest BCUT2D eigenvalue weighted by Gasteiger charge is 2.16. The lowest BCUT2D eigenvalue weighted by Crippen LogP contribution is -2.33. The van der Waals surface area contributed by atoms with E-state index < -0.39 is 5.82 Å². The standard InChI is InChI=1S/C35H35ClFN7O2.C4H8O.C2H6S/c1-23-28(31(43-42-23)6-4-14-38)21-34(45)25-9-11-32(33(19-25)39-2)40-15-18-44-16-12-24(13-17-44)30-5-3-7-35(41-30)46-22-26-8-10-27(36)20-29(26)37;1-4-2-3-5-4;1-3-2/h3-12,14,19-21,38,40,45H,2,13,15-18,22H2,1H3,(H,42,43);4H,2-3H2,1H3;1-2H3/b6-4-,34-21+,38-14?;;/t;4-;/m.1./s1. The Kier molecular flexibility index (Phi) is 17.0. The molecular formula is C41H49ClFN7O3S. The number of benzene rings is 2. The third-order valence-corrected chi connectivity index (χ3v) is 8.76. The van der Waals surface area contributed by atoms with Gasteiger partial charge in [0.1, 0.15) is 18.2 Å². The summed E-state index contributed by atoms with van der Waals surface area (Å²) < 4.78 is 24.8. The van der Waals surface area contributed by atoms with Crippen LogP contribution < -0.4 is 10.1 Å². The zero-order valence-electron chi connectivity index (χ0n) is 31.2. The molecule has 10 nitrogen and oxygen atoms in total.